The molecular weight excluding hydrogens is 701 g/mol. The molecule has 2 saturated carbocycles. The van der Waals surface area contributed by atoms with Crippen LogP contribution >= 0.6 is 11.6 Å². The number of anilines is 3. The summed E-state index contributed by atoms with van der Waals surface area (Å²) in [7, 11) is 0. The molecule has 0 radical (unpaired) electrons. The average molecular weight is 735 g/mol. The summed E-state index contributed by atoms with van der Waals surface area (Å²) in [5, 5.41) is 33.0. The van der Waals surface area contributed by atoms with Crippen molar-refractivity contribution in [1.82, 2.24) is 30.9 Å². The summed E-state index contributed by atoms with van der Waals surface area (Å²) < 4.78 is 43.5. The Morgan fingerprint density at radius 3 is 2.24 bits per heavy atom. The van der Waals surface area contributed by atoms with E-state index in [0.29, 0.717) is 36.4 Å². The van der Waals surface area contributed by atoms with E-state index >= 15 is 0 Å². The van der Waals surface area contributed by atoms with Crippen molar-refractivity contribution in [1.29, 1.82) is 0 Å². The second-order valence-corrected chi connectivity index (χ2v) is 12.5. The molecule has 3 aromatic rings. The number of aliphatic carboxylic acids is 1. The maximum Gasteiger partial charge on any atom is 0.422 e. The van der Waals surface area contributed by atoms with E-state index < -0.39 is 72.8 Å². The third kappa shape index (κ3) is 10.4. The van der Waals surface area contributed by atoms with Gasteiger partial charge < -0.3 is 41.5 Å². The number of ether oxygens (including phenoxy) is 1. The third-order valence-electron chi connectivity index (χ3n) is 8.20. The largest absolute Gasteiger partial charge is 0.480 e. The number of aliphatic hydroxyl groups excluding tert-OH is 1. The zero-order valence-electron chi connectivity index (χ0n) is 26.8. The van der Waals surface area contributed by atoms with Gasteiger partial charge in [-0.2, -0.15) is 28.1 Å². The van der Waals surface area contributed by atoms with Crippen LogP contribution in [0.1, 0.15) is 54.4 Å². The fourth-order valence-electron chi connectivity index (χ4n) is 5.34. The van der Waals surface area contributed by atoms with Gasteiger partial charge >= 0.3 is 30.0 Å². The van der Waals surface area contributed by atoms with Crippen LogP contribution in [-0.2, 0) is 19.9 Å². The van der Waals surface area contributed by atoms with E-state index in [9.17, 15) is 42.6 Å². The van der Waals surface area contributed by atoms with Crippen LogP contribution < -0.4 is 31.3 Å². The van der Waals surface area contributed by atoms with Gasteiger partial charge in [0, 0.05) is 22.8 Å². The minimum Gasteiger partial charge on any atom is -0.480 e. The van der Waals surface area contributed by atoms with E-state index in [1.165, 1.54) is 24.3 Å². The van der Waals surface area contributed by atoms with Gasteiger partial charge in [0.1, 0.15) is 6.04 Å². The second-order valence-electron chi connectivity index (χ2n) is 12.1. The molecule has 2 unspecified atom stereocenters. The highest BCUT2D eigenvalue weighted by molar-refractivity contribution is 6.35. The second kappa shape index (κ2) is 15.8. The number of hydrogen-bond acceptors (Lipinski definition) is 11. The predicted octanol–water partition coefficient (Wildman–Crippen LogP) is 3.03. The number of carboxylic acid groups (broad SMARTS) is 1. The summed E-state index contributed by atoms with van der Waals surface area (Å²) in [6, 6.07) is 9.79. The van der Waals surface area contributed by atoms with Gasteiger partial charge in [-0.1, -0.05) is 36.6 Å². The Bertz CT molecular complexity index is 1740. The fourth-order valence-corrected chi connectivity index (χ4v) is 5.46. The molecule has 15 nitrogen and oxygen atoms in total. The van der Waals surface area contributed by atoms with E-state index in [-0.39, 0.29) is 17.5 Å². The number of benzene rings is 2. The molecule has 1 aromatic heterocycles. The van der Waals surface area contributed by atoms with Crippen molar-refractivity contribution in [3.05, 3.63) is 64.7 Å². The van der Waals surface area contributed by atoms with E-state index in [2.05, 4.69) is 41.5 Å². The van der Waals surface area contributed by atoms with Crippen molar-refractivity contribution in [2.45, 2.75) is 68.4 Å². The van der Waals surface area contributed by atoms with Crippen molar-refractivity contribution in [2.24, 2.45) is 0 Å². The molecule has 0 spiro atoms. The molecular formula is C32H34ClF3N8O7. The monoisotopic (exact) mass is 734 g/mol. The maximum atomic E-state index is 12.9. The number of aromatic nitrogens is 3. The van der Waals surface area contributed by atoms with Crippen LogP contribution in [0.3, 0.4) is 0 Å². The fraction of sp³-hybridized carbons (Fsp3) is 0.406. The molecule has 51 heavy (non-hydrogen) atoms. The van der Waals surface area contributed by atoms with Crippen molar-refractivity contribution in [3.63, 3.8) is 0 Å². The van der Waals surface area contributed by atoms with Gasteiger partial charge in [0.05, 0.1) is 17.7 Å². The Balaban J connectivity index is 1.21. The van der Waals surface area contributed by atoms with Gasteiger partial charge in [-0.3, -0.25) is 14.4 Å². The zero-order chi connectivity index (χ0) is 36.8. The van der Waals surface area contributed by atoms with Crippen LogP contribution in [0.25, 0.3) is 0 Å². The molecule has 2 aromatic carbocycles. The Morgan fingerprint density at radius 1 is 0.941 bits per heavy atom. The molecule has 19 heteroatoms. The molecule has 2 aliphatic rings. The number of halogens is 4. The molecule has 272 valence electrons. The van der Waals surface area contributed by atoms with Crippen LogP contribution in [0.4, 0.5) is 30.8 Å². The van der Waals surface area contributed by atoms with Gasteiger partial charge in [0.15, 0.2) is 6.61 Å². The molecule has 0 bridgehead atoms. The summed E-state index contributed by atoms with van der Waals surface area (Å²) >= 11 is 6.01. The first-order valence-electron chi connectivity index (χ1n) is 15.9. The molecule has 0 aliphatic heterocycles. The number of rotatable bonds is 13. The molecule has 7 N–H and O–H groups in total. The van der Waals surface area contributed by atoms with E-state index in [1.54, 1.807) is 12.1 Å². The van der Waals surface area contributed by atoms with Crippen LogP contribution in [0.2, 0.25) is 5.02 Å². The first-order chi connectivity index (χ1) is 24.2. The highest BCUT2D eigenvalue weighted by Crippen LogP contribution is 2.48. The third-order valence-corrected chi connectivity index (χ3v) is 8.46. The highest BCUT2D eigenvalue weighted by Gasteiger charge is 2.45. The predicted molar refractivity (Wildman–Crippen MR) is 175 cm³/mol. The van der Waals surface area contributed by atoms with Crippen molar-refractivity contribution in [3.8, 4) is 6.01 Å². The van der Waals surface area contributed by atoms with E-state index in [4.69, 9.17) is 16.3 Å². The number of hydrogen-bond donors (Lipinski definition) is 7. The van der Waals surface area contributed by atoms with Gasteiger partial charge in [-0.25, -0.2) is 4.79 Å². The minimum atomic E-state index is -4.65. The molecule has 2 aliphatic carbocycles. The van der Waals surface area contributed by atoms with Crippen LogP contribution in [0.15, 0.2) is 48.5 Å². The number of nitrogens with one attached hydrogen (secondary N) is 5. The number of carbonyl (C=O) groups excluding carboxylic acids is 3. The van der Waals surface area contributed by atoms with Crippen molar-refractivity contribution >= 4 is 52.9 Å². The number of carboxylic acids is 1. The smallest absolute Gasteiger partial charge is 0.422 e. The highest BCUT2D eigenvalue weighted by atomic mass is 35.5. The average Bonchev–Trinajstić information content (AvgIpc) is 3.86. The van der Waals surface area contributed by atoms with Crippen molar-refractivity contribution < 1.29 is 47.3 Å². The van der Waals surface area contributed by atoms with Gasteiger partial charge in [-0.15, -0.1) is 0 Å². The topological polar surface area (TPSA) is 217 Å². The number of amides is 3. The van der Waals surface area contributed by atoms with Crippen molar-refractivity contribution in [2.75, 3.05) is 23.8 Å². The molecule has 5 rings (SSSR count). The summed E-state index contributed by atoms with van der Waals surface area (Å²) in [6.45, 7) is -2.24. The minimum absolute atomic E-state index is 0.0213. The summed E-state index contributed by atoms with van der Waals surface area (Å²) in [5.74, 6) is -4.67. The first-order valence-corrected chi connectivity index (χ1v) is 16.2. The standard InChI is InChI=1S/C32H34ClF3N8O7/c33-19-9-7-18(8-10-19)31(13-14-31)44-29-41-28(42-30(43-29)51-16-32(34,35)36)38-20-11-5-17(6-12-20)24(46)40-22(27(49)50)15-37-25(47)26(48)39-21-3-1-2-4-23(21)45/h5-12,21-23,45H,1-4,13-16H2,(H,37,47)(H,39,48)(H,40,46)(H,49,50)(H2,38,41,42,43,44)/t21?,22-,23?/m0/s1. The lowest BCUT2D eigenvalue weighted by molar-refractivity contribution is -0.154. The van der Waals surface area contributed by atoms with Crippen LogP contribution in [0.5, 0.6) is 6.01 Å². The van der Waals surface area contributed by atoms with Crippen LogP contribution in [0, 0.1) is 0 Å². The molecule has 2 fully saturated rings. The summed E-state index contributed by atoms with van der Waals surface area (Å²) in [6.07, 6.45) is -1.48. The maximum absolute atomic E-state index is 12.9. The molecule has 1 heterocycles. The molecule has 0 saturated heterocycles. The Hall–Kier alpha value is -5.23. The SMILES string of the molecule is O=C(NC[C@H](NC(=O)c1ccc(Nc2nc(NC3(c4ccc(Cl)cc4)CC3)nc(OCC(F)(F)F)n2)cc1)C(=O)O)C(=O)NC1CCCCC1O. The lowest BCUT2D eigenvalue weighted by atomic mass is 9.92. The number of carbonyl (C=O) groups is 4. The van der Waals surface area contributed by atoms with E-state index in [0.717, 1.165) is 18.4 Å². The van der Waals surface area contributed by atoms with Gasteiger partial charge in [0.25, 0.3) is 5.91 Å². The lowest BCUT2D eigenvalue weighted by Crippen LogP contribution is -2.53. The van der Waals surface area contributed by atoms with Gasteiger partial charge in [0.2, 0.25) is 11.9 Å². The number of aliphatic hydroxyl groups is 1. The lowest BCUT2D eigenvalue weighted by Gasteiger charge is -2.28. The Morgan fingerprint density at radius 2 is 1.61 bits per heavy atom. The summed E-state index contributed by atoms with van der Waals surface area (Å²) in [5.41, 5.74) is 0.636. The van der Waals surface area contributed by atoms with E-state index in [1.807, 2.05) is 12.1 Å². The molecule has 3 amide bonds. The molecule has 3 atom stereocenters. The normalized spacial score (nSPS) is 18.5. The Kier molecular flexibility index (Phi) is 11.4. The number of alkyl halides is 3. The number of nitrogens with zero attached hydrogens (tertiary/aromatic N) is 3. The van der Waals surface area contributed by atoms with Gasteiger partial charge in [-0.05, 0) is 67.6 Å². The quantitative estimate of drug-likeness (QED) is 0.126. The first kappa shape index (κ1) is 37.0. The zero-order valence-corrected chi connectivity index (χ0v) is 27.6. The summed E-state index contributed by atoms with van der Waals surface area (Å²) in [4.78, 5) is 61.4. The van der Waals surface area contributed by atoms with Crippen LogP contribution in [-0.4, -0.2) is 86.4 Å². The Labute approximate surface area is 293 Å².